The molecule has 0 saturated heterocycles. The highest BCUT2D eigenvalue weighted by Gasteiger charge is 2.35. The Morgan fingerprint density at radius 3 is 1.95 bits per heavy atom. The van der Waals surface area contributed by atoms with Gasteiger partial charge in [0.2, 0.25) is 0 Å². The first-order chi connectivity index (χ1) is 18.2. The summed E-state index contributed by atoms with van der Waals surface area (Å²) in [7, 11) is 1.61. The van der Waals surface area contributed by atoms with Crippen LogP contribution in [0.25, 0.3) is 22.8 Å². The Hall–Kier alpha value is -5.84. The largest absolute Gasteiger partial charge is 0.318 e. The number of carbonyl (C=O) groups is 2. The van der Waals surface area contributed by atoms with E-state index < -0.39 is 11.3 Å². The number of hydrogen-bond donors (Lipinski definition) is 0. The van der Waals surface area contributed by atoms with E-state index >= 15 is 0 Å². The summed E-state index contributed by atoms with van der Waals surface area (Å²) < 4.78 is 2.65. The van der Waals surface area contributed by atoms with Crippen molar-refractivity contribution >= 4 is 12.2 Å². The molecule has 0 saturated carbocycles. The van der Waals surface area contributed by atoms with E-state index in [4.69, 9.17) is 0 Å². The normalized spacial score (nSPS) is 11.6. The number of fused-ring (bicyclic) bond motifs is 3. The van der Waals surface area contributed by atoms with Gasteiger partial charge >= 0.3 is 0 Å². The molecule has 0 N–H and O–H groups in total. The second-order valence-electron chi connectivity index (χ2n) is 9.22. The van der Waals surface area contributed by atoms with Gasteiger partial charge in [0.15, 0.2) is 34.9 Å². The monoisotopic (exact) mass is 496 g/mol. The molecule has 5 rings (SSSR count). The number of nitrogens with zero attached hydrogens (tertiary/aromatic N) is 8. The van der Waals surface area contributed by atoms with Crippen LogP contribution < -0.4 is 0 Å². The van der Waals surface area contributed by atoms with Gasteiger partial charge < -0.3 is 4.57 Å². The maximum absolute atomic E-state index is 13.2. The Balaban J connectivity index is 1.63. The molecule has 0 atom stereocenters. The van der Waals surface area contributed by atoms with E-state index in [1.165, 1.54) is 4.57 Å². The lowest BCUT2D eigenvalue weighted by Crippen LogP contribution is -2.20. The molecule has 2 aromatic heterocycles. The Bertz CT molecular complexity index is 1890. The smallest absolute Gasteiger partial charge is 0.265 e. The molecule has 0 fully saturated rings. The van der Waals surface area contributed by atoms with E-state index in [0.717, 1.165) is 15.7 Å². The van der Waals surface area contributed by atoms with Crippen molar-refractivity contribution in [2.75, 3.05) is 0 Å². The van der Waals surface area contributed by atoms with Crippen molar-refractivity contribution < 1.29 is 9.59 Å². The van der Waals surface area contributed by atoms with E-state index in [1.807, 2.05) is 44.2 Å². The van der Waals surface area contributed by atoms with Gasteiger partial charge in [0.1, 0.15) is 30.1 Å². The first-order valence-electron chi connectivity index (χ1n) is 11.3. The highest BCUT2D eigenvalue weighted by atomic mass is 16.2. The van der Waals surface area contributed by atoms with Crippen LogP contribution >= 0.6 is 0 Å². The van der Waals surface area contributed by atoms with Crippen LogP contribution in [-0.4, -0.2) is 31.3 Å². The molecule has 3 heterocycles. The fourth-order valence-electron chi connectivity index (χ4n) is 4.76. The average Bonchev–Trinajstić information content (AvgIpc) is 3.56. The van der Waals surface area contributed by atoms with Crippen LogP contribution in [0.2, 0.25) is 0 Å². The van der Waals surface area contributed by atoms with E-state index in [9.17, 15) is 30.6 Å². The highest BCUT2D eigenvalue weighted by Crippen LogP contribution is 2.39. The van der Waals surface area contributed by atoms with Gasteiger partial charge in [-0.2, -0.15) is 21.0 Å². The summed E-state index contributed by atoms with van der Waals surface area (Å²) in [5, 5.41) is 37.6. The topological polar surface area (TPSA) is 165 Å². The molecule has 10 nitrogen and oxygen atoms in total. The lowest BCUT2D eigenvalue weighted by atomic mass is 9.76. The molecular weight excluding hydrogens is 480 g/mol. The zero-order chi connectivity index (χ0) is 27.4. The Kier molecular flexibility index (Phi) is 5.27. The van der Waals surface area contributed by atoms with Gasteiger partial charge in [-0.3, -0.25) is 9.59 Å². The molecule has 38 heavy (non-hydrogen) atoms. The third-order valence-corrected chi connectivity index (χ3v) is 6.95. The lowest BCUT2D eigenvalue weighted by Gasteiger charge is -2.27. The number of imidazole rings is 2. The van der Waals surface area contributed by atoms with Crippen molar-refractivity contribution in [3.63, 3.8) is 0 Å². The molecule has 0 aliphatic carbocycles. The Morgan fingerprint density at radius 1 is 0.789 bits per heavy atom. The van der Waals surface area contributed by atoms with Gasteiger partial charge in [0.05, 0.1) is 5.56 Å². The molecule has 10 heteroatoms. The summed E-state index contributed by atoms with van der Waals surface area (Å²) in [4.78, 5) is 33.6. The van der Waals surface area contributed by atoms with Crippen LogP contribution in [-0.2, 0) is 12.5 Å². The van der Waals surface area contributed by atoms with Crippen LogP contribution in [0.15, 0.2) is 36.4 Å². The summed E-state index contributed by atoms with van der Waals surface area (Å²) in [5.41, 5.74) is 2.50. The predicted octanol–water partition coefficient (Wildman–Crippen LogP) is 3.58. The summed E-state index contributed by atoms with van der Waals surface area (Å²) in [5.74, 6) is 0.137. The molecule has 0 bridgehead atoms. The number of carbonyl (C=O) groups excluding carboxylic acids is 2. The number of rotatable bonds is 4. The van der Waals surface area contributed by atoms with E-state index in [0.29, 0.717) is 34.4 Å². The Morgan fingerprint density at radius 2 is 1.37 bits per heavy atom. The number of hydrogen-bond acceptors (Lipinski definition) is 8. The van der Waals surface area contributed by atoms with Crippen molar-refractivity contribution in [3.05, 3.63) is 81.4 Å². The fraction of sp³-hybridized carbons (Fsp3) is 0.143. The second kappa shape index (κ2) is 8.38. The molecule has 0 spiro atoms. The maximum Gasteiger partial charge on any atom is 0.265 e. The minimum absolute atomic E-state index is 0.0301. The van der Waals surface area contributed by atoms with Gasteiger partial charge in [-0.15, -0.1) is 0 Å². The fourth-order valence-corrected chi connectivity index (χ4v) is 4.76. The zero-order valence-corrected chi connectivity index (χ0v) is 20.4. The SMILES string of the molecule is Cn1c(-c2cc(C(C)(C)c3ccc4c(c3)C(=O)n3c-4nc(C#N)c3C#N)ccc2C=O)nc(C#N)c1C#N. The number of aldehydes is 1. The minimum atomic E-state index is -0.659. The number of nitriles is 4. The van der Waals surface area contributed by atoms with Crippen molar-refractivity contribution in [2.45, 2.75) is 19.3 Å². The van der Waals surface area contributed by atoms with Crippen LogP contribution in [0.5, 0.6) is 0 Å². The lowest BCUT2D eigenvalue weighted by molar-refractivity contribution is 0.0967. The van der Waals surface area contributed by atoms with Crippen LogP contribution in [0.3, 0.4) is 0 Å². The molecule has 4 aromatic rings. The van der Waals surface area contributed by atoms with Crippen molar-refractivity contribution in [3.8, 4) is 47.1 Å². The van der Waals surface area contributed by atoms with Crippen LogP contribution in [0.1, 0.15) is 68.5 Å². The van der Waals surface area contributed by atoms with E-state index in [2.05, 4.69) is 9.97 Å². The molecule has 180 valence electrons. The predicted molar refractivity (Wildman–Crippen MR) is 132 cm³/mol. The van der Waals surface area contributed by atoms with Gasteiger partial charge in [-0.25, -0.2) is 14.5 Å². The third kappa shape index (κ3) is 3.15. The van der Waals surface area contributed by atoms with Gasteiger partial charge in [-0.1, -0.05) is 38.1 Å². The summed E-state index contributed by atoms with van der Waals surface area (Å²) in [6, 6.07) is 18.2. The molecule has 2 aromatic carbocycles. The van der Waals surface area contributed by atoms with Crippen molar-refractivity contribution in [1.29, 1.82) is 21.0 Å². The van der Waals surface area contributed by atoms with Gasteiger partial charge in [0, 0.05) is 29.2 Å². The Labute approximate surface area is 216 Å². The summed E-state index contributed by atoms with van der Waals surface area (Å²) in [6.45, 7) is 3.92. The quantitative estimate of drug-likeness (QED) is 0.341. The zero-order valence-electron chi connectivity index (χ0n) is 20.4. The van der Waals surface area contributed by atoms with Crippen LogP contribution in [0.4, 0.5) is 0 Å². The second-order valence-corrected chi connectivity index (χ2v) is 9.22. The molecule has 0 radical (unpaired) electrons. The number of benzene rings is 2. The summed E-state index contributed by atoms with van der Waals surface area (Å²) >= 11 is 0. The highest BCUT2D eigenvalue weighted by molar-refractivity contribution is 6.09. The third-order valence-electron chi connectivity index (χ3n) is 6.95. The molecule has 0 amide bonds. The molecular formula is C28H16N8O2. The van der Waals surface area contributed by atoms with Crippen LogP contribution in [0, 0.1) is 45.3 Å². The number of aromatic nitrogens is 4. The summed E-state index contributed by atoms with van der Waals surface area (Å²) in [6.07, 6.45) is 0.691. The van der Waals surface area contributed by atoms with Gasteiger partial charge in [-0.05, 0) is 23.3 Å². The first kappa shape index (κ1) is 23.9. The minimum Gasteiger partial charge on any atom is -0.318 e. The first-order valence-corrected chi connectivity index (χ1v) is 11.3. The van der Waals surface area contributed by atoms with E-state index in [1.54, 1.807) is 37.4 Å². The van der Waals surface area contributed by atoms with Gasteiger partial charge in [0.25, 0.3) is 5.91 Å². The average molecular weight is 496 g/mol. The standard InChI is InChI=1S/C28H16N8O2/c1-28(2,16-5-4-15(14-37)19(8-16)25-33-21(10-29)23(12-31)35(25)3)17-6-7-18-20(9-17)27(38)36-24(13-32)22(11-30)34-26(18)36/h4-9,14H,1-3H3. The maximum atomic E-state index is 13.2. The van der Waals surface area contributed by atoms with E-state index in [-0.39, 0.29) is 28.6 Å². The molecule has 0 unspecified atom stereocenters. The molecule has 1 aliphatic heterocycles. The van der Waals surface area contributed by atoms with Crippen molar-refractivity contribution in [2.24, 2.45) is 7.05 Å². The van der Waals surface area contributed by atoms with Crippen molar-refractivity contribution in [1.82, 2.24) is 19.1 Å². The molecule has 1 aliphatic rings.